The Morgan fingerprint density at radius 2 is 0.881 bits per heavy atom. The lowest BCUT2D eigenvalue weighted by atomic mass is 9.80. The molecule has 2 heterocycles. The van der Waals surface area contributed by atoms with Crippen LogP contribution in [0.1, 0.15) is 102 Å². The number of unbranched alkanes of at least 4 members (excludes halogenated alkanes) is 10. The van der Waals surface area contributed by atoms with E-state index < -0.39 is 0 Å². The first-order chi connectivity index (χ1) is 20.7. The summed E-state index contributed by atoms with van der Waals surface area (Å²) >= 11 is 7.92. The molecule has 0 N–H and O–H groups in total. The van der Waals surface area contributed by atoms with Crippen LogP contribution in [0.4, 0.5) is 0 Å². The second kappa shape index (κ2) is 17.7. The van der Waals surface area contributed by atoms with Gasteiger partial charge >= 0.3 is 0 Å². The molecule has 0 radical (unpaired) electrons. The van der Waals surface area contributed by atoms with Crippen LogP contribution in [0.5, 0.6) is 0 Å². The van der Waals surface area contributed by atoms with Crippen LogP contribution in [0.15, 0.2) is 82.3 Å². The van der Waals surface area contributed by atoms with Crippen molar-refractivity contribution in [1.29, 1.82) is 0 Å². The number of aromatic nitrogens is 2. The number of rotatable bonds is 17. The zero-order chi connectivity index (χ0) is 29.6. The Morgan fingerprint density at radius 1 is 0.452 bits per heavy atom. The lowest BCUT2D eigenvalue weighted by molar-refractivity contribution is 0.599. The summed E-state index contributed by atoms with van der Waals surface area (Å²) < 4.78 is 2.35. The smallest absolute Gasteiger partial charge is 0.0295 e. The molecule has 2 aromatic heterocycles. The zero-order valence-electron chi connectivity index (χ0n) is 25.5. The van der Waals surface area contributed by atoms with Gasteiger partial charge in [-0.3, -0.25) is 9.97 Å². The highest BCUT2D eigenvalue weighted by Gasteiger charge is 2.25. The van der Waals surface area contributed by atoms with E-state index in [0.717, 1.165) is 17.3 Å². The molecule has 0 aliphatic rings. The van der Waals surface area contributed by atoms with E-state index in [1.54, 1.807) is 0 Å². The van der Waals surface area contributed by atoms with Crippen LogP contribution in [-0.4, -0.2) is 9.97 Å². The van der Waals surface area contributed by atoms with Crippen molar-refractivity contribution in [3.63, 3.8) is 0 Å². The summed E-state index contributed by atoms with van der Waals surface area (Å²) in [4.78, 5) is 8.74. The maximum atomic E-state index is 4.38. The van der Waals surface area contributed by atoms with Crippen molar-refractivity contribution in [1.82, 2.24) is 9.97 Å². The Bertz CT molecular complexity index is 1350. The summed E-state index contributed by atoms with van der Waals surface area (Å²) in [5.74, 6) is 0. The van der Waals surface area contributed by atoms with Crippen molar-refractivity contribution in [2.45, 2.75) is 104 Å². The first kappa shape index (κ1) is 32.6. The molecule has 0 saturated heterocycles. The molecular weight excluding hydrogens is 644 g/mol. The van der Waals surface area contributed by atoms with Crippen molar-refractivity contribution < 1.29 is 0 Å². The van der Waals surface area contributed by atoms with Crippen molar-refractivity contribution in [2.24, 2.45) is 0 Å². The van der Waals surface area contributed by atoms with Crippen molar-refractivity contribution in [3.05, 3.63) is 93.4 Å². The molecule has 4 rings (SSSR count). The quantitative estimate of drug-likeness (QED) is 0.103. The molecule has 0 amide bonds. The molecule has 0 atom stereocenters. The molecule has 0 saturated carbocycles. The first-order valence-electron chi connectivity index (χ1n) is 16.1. The summed E-state index contributed by atoms with van der Waals surface area (Å²) in [5, 5.41) is 0. The highest BCUT2D eigenvalue weighted by atomic mass is 79.9. The number of hydrogen-bond acceptors (Lipinski definition) is 2. The van der Waals surface area contributed by atoms with Crippen LogP contribution in [0.3, 0.4) is 0 Å². The van der Waals surface area contributed by atoms with Gasteiger partial charge in [-0.1, -0.05) is 106 Å². The summed E-state index contributed by atoms with van der Waals surface area (Å²) in [6, 6.07) is 17.6. The second-order valence-electron chi connectivity index (χ2n) is 11.4. The third kappa shape index (κ3) is 8.86. The summed E-state index contributed by atoms with van der Waals surface area (Å²) in [5.41, 5.74) is 10.6. The molecule has 0 spiro atoms. The zero-order valence-corrected chi connectivity index (χ0v) is 28.7. The van der Waals surface area contributed by atoms with Crippen LogP contribution in [0.25, 0.3) is 33.4 Å². The Kier molecular flexibility index (Phi) is 13.8. The van der Waals surface area contributed by atoms with Crippen molar-refractivity contribution in [2.75, 3.05) is 0 Å². The van der Waals surface area contributed by atoms with Crippen LogP contribution < -0.4 is 0 Å². The van der Waals surface area contributed by atoms with Crippen LogP contribution in [0, 0.1) is 0 Å². The topological polar surface area (TPSA) is 25.8 Å². The molecule has 4 aromatic rings. The molecule has 4 heteroatoms. The van der Waals surface area contributed by atoms with Gasteiger partial charge < -0.3 is 0 Å². The lowest BCUT2D eigenvalue weighted by Crippen LogP contribution is -2.06. The summed E-state index contributed by atoms with van der Waals surface area (Å²) in [6.07, 6.45) is 25.4. The average Bonchev–Trinajstić information content (AvgIpc) is 3.02. The van der Waals surface area contributed by atoms with E-state index in [1.165, 1.54) is 126 Å². The van der Waals surface area contributed by atoms with Gasteiger partial charge in [0.2, 0.25) is 0 Å². The van der Waals surface area contributed by atoms with Crippen molar-refractivity contribution in [3.8, 4) is 33.4 Å². The molecule has 42 heavy (non-hydrogen) atoms. The van der Waals surface area contributed by atoms with E-state index >= 15 is 0 Å². The Labute approximate surface area is 271 Å². The van der Waals surface area contributed by atoms with Crippen molar-refractivity contribution >= 4 is 31.9 Å². The minimum absolute atomic E-state index is 1.09. The monoisotopic (exact) mass is 688 g/mol. The third-order valence-corrected chi connectivity index (χ3v) is 9.69. The van der Waals surface area contributed by atoms with E-state index in [2.05, 4.69) is 104 Å². The largest absolute Gasteiger partial charge is 0.265 e. The predicted molar refractivity (Wildman–Crippen MR) is 188 cm³/mol. The maximum Gasteiger partial charge on any atom is 0.0295 e. The second-order valence-corrected chi connectivity index (χ2v) is 13.1. The van der Waals surface area contributed by atoms with Crippen LogP contribution in [0.2, 0.25) is 0 Å². The minimum atomic E-state index is 1.09. The Hall–Kier alpha value is -2.30. The lowest BCUT2D eigenvalue weighted by Gasteiger charge is -2.26. The van der Waals surface area contributed by atoms with Gasteiger partial charge in [0, 0.05) is 39.3 Å². The maximum absolute atomic E-state index is 4.38. The van der Waals surface area contributed by atoms with Gasteiger partial charge in [0.05, 0.1) is 0 Å². The van der Waals surface area contributed by atoms with Gasteiger partial charge in [0.15, 0.2) is 0 Å². The van der Waals surface area contributed by atoms with Gasteiger partial charge in [0.25, 0.3) is 0 Å². The average molecular weight is 691 g/mol. The fourth-order valence-electron chi connectivity index (χ4n) is 6.05. The number of hydrogen-bond donors (Lipinski definition) is 0. The van der Waals surface area contributed by atoms with E-state index in [9.17, 15) is 0 Å². The molecule has 222 valence electrons. The molecular formula is C38H46Br2N2. The summed E-state index contributed by atoms with van der Waals surface area (Å²) in [6.45, 7) is 4.59. The van der Waals surface area contributed by atoms with E-state index in [-0.39, 0.29) is 0 Å². The molecule has 0 fully saturated rings. The van der Waals surface area contributed by atoms with E-state index in [0.29, 0.717) is 0 Å². The van der Waals surface area contributed by atoms with E-state index in [1.807, 2.05) is 24.8 Å². The fraction of sp³-hybridized carbons (Fsp3) is 0.421. The van der Waals surface area contributed by atoms with Gasteiger partial charge in [-0.15, -0.1) is 0 Å². The molecule has 2 aromatic carbocycles. The minimum Gasteiger partial charge on any atom is -0.265 e. The molecule has 0 aliphatic carbocycles. The van der Waals surface area contributed by atoms with Crippen LogP contribution >= 0.6 is 31.9 Å². The summed E-state index contributed by atoms with van der Waals surface area (Å²) in [7, 11) is 0. The van der Waals surface area contributed by atoms with Crippen LogP contribution in [-0.2, 0) is 12.8 Å². The van der Waals surface area contributed by atoms with E-state index in [4.69, 9.17) is 0 Å². The Balaban J connectivity index is 1.91. The SMILES string of the molecule is CCCCCCCCc1c(Br)c(-c2ccncc2)c(-c2ccncc2)c(-c2ccc(Br)cc2)c1CCCCCCCC. The van der Waals surface area contributed by atoms with Gasteiger partial charge in [0.1, 0.15) is 0 Å². The predicted octanol–water partition coefficient (Wildman–Crippen LogP) is 12.8. The molecule has 2 nitrogen and oxygen atoms in total. The number of pyridine rings is 2. The first-order valence-corrected chi connectivity index (χ1v) is 17.7. The molecule has 0 unspecified atom stereocenters. The fourth-order valence-corrected chi connectivity index (χ4v) is 7.18. The normalized spacial score (nSPS) is 11.2. The number of nitrogens with zero attached hydrogens (tertiary/aromatic N) is 2. The van der Waals surface area contributed by atoms with Gasteiger partial charge in [-0.2, -0.15) is 0 Å². The highest BCUT2D eigenvalue weighted by Crippen LogP contribution is 2.49. The van der Waals surface area contributed by atoms with Gasteiger partial charge in [-0.05, 0) is 117 Å². The number of benzene rings is 2. The Morgan fingerprint density at radius 3 is 1.40 bits per heavy atom. The van der Waals surface area contributed by atoms with Gasteiger partial charge in [-0.25, -0.2) is 0 Å². The number of halogens is 2. The molecule has 0 aliphatic heterocycles. The third-order valence-electron chi connectivity index (χ3n) is 8.28. The molecule has 0 bridgehead atoms. The standard InChI is InChI=1S/C38H46Br2N2/c1-3-5-7-9-11-13-15-33-34(16-14-12-10-8-6-4-2)38(40)37(31-23-27-42-28-24-31)36(30-21-25-41-26-22-30)35(33)29-17-19-32(39)20-18-29/h17-28H,3-16H2,1-2H3. The highest BCUT2D eigenvalue weighted by molar-refractivity contribution is 9.11.